The third-order valence-electron chi connectivity index (χ3n) is 2.35. The molecule has 1 aliphatic heterocycles. The second-order valence-corrected chi connectivity index (χ2v) is 3.82. The summed E-state index contributed by atoms with van der Waals surface area (Å²) in [4.78, 5) is 21.9. The monoisotopic (exact) mass is 251 g/mol. The molecule has 1 aliphatic rings. The molecule has 1 saturated heterocycles. The van der Waals surface area contributed by atoms with Crippen LogP contribution < -0.4 is 5.32 Å². The minimum atomic E-state index is -3.42. The lowest BCUT2D eigenvalue weighted by atomic mass is 10.2. The second kappa shape index (κ2) is 5.39. The minimum Gasteiger partial charge on any atom is -0.465 e. The van der Waals surface area contributed by atoms with Crippen molar-refractivity contribution in [3.63, 3.8) is 0 Å². The normalized spacial score (nSPS) is 24.2. The smallest absolute Gasteiger partial charge is 0.377 e. The fourth-order valence-corrected chi connectivity index (χ4v) is 1.42. The topological polar surface area (TPSA) is 64.6 Å². The highest BCUT2D eigenvalue weighted by Crippen LogP contribution is 2.30. The minimum absolute atomic E-state index is 0.00130. The average molecular weight is 251 g/mol. The summed E-state index contributed by atoms with van der Waals surface area (Å²) in [6.45, 7) is 3.47. The highest BCUT2D eigenvalue weighted by Gasteiger charge is 2.50. The summed E-state index contributed by atoms with van der Waals surface area (Å²) in [7, 11) is 0. The van der Waals surface area contributed by atoms with Crippen LogP contribution in [0.15, 0.2) is 0 Å². The van der Waals surface area contributed by atoms with Gasteiger partial charge < -0.3 is 14.8 Å². The van der Waals surface area contributed by atoms with Crippen molar-refractivity contribution in [2.24, 2.45) is 0 Å². The first-order chi connectivity index (χ1) is 7.86. The van der Waals surface area contributed by atoms with Crippen molar-refractivity contribution in [1.29, 1.82) is 0 Å². The molecule has 1 heterocycles. The standard InChI is InChI=1S/C10H15F2NO4/c1-3-16-8(14)6(2)13-5-7-4-10(11,12)9(15)17-7/h6-7,13H,3-5H2,1-2H3. The lowest BCUT2D eigenvalue weighted by Crippen LogP contribution is -2.39. The van der Waals surface area contributed by atoms with Crippen molar-refractivity contribution >= 4 is 11.9 Å². The second-order valence-electron chi connectivity index (χ2n) is 3.82. The Hall–Kier alpha value is -1.24. The molecule has 0 bridgehead atoms. The number of carbonyl (C=O) groups is 2. The summed E-state index contributed by atoms with van der Waals surface area (Å²) in [6.07, 6.45) is -1.57. The Labute approximate surface area is 97.4 Å². The molecule has 2 atom stereocenters. The fourth-order valence-electron chi connectivity index (χ4n) is 1.42. The molecular weight excluding hydrogens is 236 g/mol. The molecule has 0 saturated carbocycles. The molecule has 1 rings (SSSR count). The number of hydrogen-bond acceptors (Lipinski definition) is 5. The van der Waals surface area contributed by atoms with Crippen molar-refractivity contribution < 1.29 is 27.8 Å². The van der Waals surface area contributed by atoms with E-state index in [0.29, 0.717) is 0 Å². The van der Waals surface area contributed by atoms with Crippen LogP contribution in [0.4, 0.5) is 8.78 Å². The molecule has 0 aromatic heterocycles. The van der Waals surface area contributed by atoms with Crippen LogP contribution in [0.5, 0.6) is 0 Å². The maximum atomic E-state index is 12.8. The van der Waals surface area contributed by atoms with Gasteiger partial charge in [-0.2, -0.15) is 8.78 Å². The van der Waals surface area contributed by atoms with Crippen LogP contribution in [0.1, 0.15) is 20.3 Å². The van der Waals surface area contributed by atoms with Crippen LogP contribution in [-0.4, -0.2) is 43.2 Å². The molecule has 17 heavy (non-hydrogen) atoms. The van der Waals surface area contributed by atoms with E-state index in [1.165, 1.54) is 0 Å². The Morgan fingerprint density at radius 1 is 1.71 bits per heavy atom. The van der Waals surface area contributed by atoms with E-state index in [1.54, 1.807) is 13.8 Å². The van der Waals surface area contributed by atoms with Gasteiger partial charge >= 0.3 is 17.9 Å². The first-order valence-corrected chi connectivity index (χ1v) is 5.35. The van der Waals surface area contributed by atoms with Gasteiger partial charge in [-0.15, -0.1) is 0 Å². The molecule has 5 nitrogen and oxygen atoms in total. The number of carbonyl (C=O) groups excluding carboxylic acids is 2. The third-order valence-corrected chi connectivity index (χ3v) is 2.35. The molecule has 0 aromatic carbocycles. The molecule has 7 heteroatoms. The summed E-state index contributed by atoms with van der Waals surface area (Å²) < 4.78 is 34.8. The molecule has 0 aromatic rings. The van der Waals surface area contributed by atoms with E-state index in [1.807, 2.05) is 0 Å². The van der Waals surface area contributed by atoms with E-state index in [9.17, 15) is 18.4 Å². The van der Waals surface area contributed by atoms with Gasteiger partial charge in [0.25, 0.3) is 0 Å². The Balaban J connectivity index is 2.33. The highest BCUT2D eigenvalue weighted by atomic mass is 19.3. The lowest BCUT2D eigenvalue weighted by Gasteiger charge is -2.15. The Kier molecular flexibility index (Phi) is 4.39. The molecule has 1 N–H and O–H groups in total. The van der Waals surface area contributed by atoms with Gasteiger partial charge in [-0.05, 0) is 13.8 Å². The molecule has 98 valence electrons. The van der Waals surface area contributed by atoms with Gasteiger partial charge in [0.1, 0.15) is 12.1 Å². The van der Waals surface area contributed by atoms with Crippen LogP contribution >= 0.6 is 0 Å². The fraction of sp³-hybridized carbons (Fsp3) is 0.800. The largest absolute Gasteiger partial charge is 0.465 e. The van der Waals surface area contributed by atoms with Crippen molar-refractivity contribution in [2.45, 2.75) is 38.3 Å². The third kappa shape index (κ3) is 3.62. The van der Waals surface area contributed by atoms with E-state index in [0.717, 1.165) is 0 Å². The molecular formula is C10H15F2NO4. The Morgan fingerprint density at radius 3 is 2.82 bits per heavy atom. The number of alkyl halides is 2. The number of rotatable bonds is 5. The number of cyclic esters (lactones) is 1. The Morgan fingerprint density at radius 2 is 2.35 bits per heavy atom. The van der Waals surface area contributed by atoms with Gasteiger partial charge in [0, 0.05) is 6.54 Å². The molecule has 2 unspecified atom stereocenters. The zero-order valence-electron chi connectivity index (χ0n) is 9.66. The number of esters is 2. The van der Waals surface area contributed by atoms with Crippen molar-refractivity contribution in [3.05, 3.63) is 0 Å². The van der Waals surface area contributed by atoms with E-state index in [-0.39, 0.29) is 13.2 Å². The molecule has 0 radical (unpaired) electrons. The summed E-state index contributed by atoms with van der Waals surface area (Å²) in [6, 6.07) is -0.622. The Bertz CT molecular complexity index is 309. The van der Waals surface area contributed by atoms with Crippen molar-refractivity contribution in [1.82, 2.24) is 5.32 Å². The zero-order chi connectivity index (χ0) is 13.1. The van der Waals surface area contributed by atoms with Gasteiger partial charge in [-0.25, -0.2) is 4.79 Å². The molecule has 1 fully saturated rings. The van der Waals surface area contributed by atoms with Gasteiger partial charge in [-0.3, -0.25) is 4.79 Å². The van der Waals surface area contributed by atoms with Crippen molar-refractivity contribution in [2.75, 3.05) is 13.2 Å². The lowest BCUT2D eigenvalue weighted by molar-refractivity contribution is -0.159. The number of nitrogens with one attached hydrogen (secondary N) is 1. The van der Waals surface area contributed by atoms with E-state index in [4.69, 9.17) is 4.74 Å². The van der Waals surface area contributed by atoms with Gasteiger partial charge in [0.2, 0.25) is 0 Å². The SMILES string of the molecule is CCOC(=O)C(C)NCC1CC(F)(F)C(=O)O1. The molecule has 0 amide bonds. The number of ether oxygens (including phenoxy) is 2. The highest BCUT2D eigenvalue weighted by molar-refractivity contribution is 5.79. The summed E-state index contributed by atoms with van der Waals surface area (Å²) >= 11 is 0. The maximum absolute atomic E-state index is 12.8. The van der Waals surface area contributed by atoms with Crippen LogP contribution in [0.25, 0.3) is 0 Å². The summed E-state index contributed by atoms with van der Waals surface area (Å²) in [5, 5.41) is 2.68. The summed E-state index contributed by atoms with van der Waals surface area (Å²) in [5.74, 6) is -5.39. The van der Waals surface area contributed by atoms with Gasteiger partial charge in [0.15, 0.2) is 0 Å². The van der Waals surface area contributed by atoms with Crippen molar-refractivity contribution in [3.8, 4) is 0 Å². The predicted molar refractivity (Wildman–Crippen MR) is 53.5 cm³/mol. The van der Waals surface area contributed by atoms with E-state index >= 15 is 0 Å². The van der Waals surface area contributed by atoms with Crippen LogP contribution in [0.2, 0.25) is 0 Å². The van der Waals surface area contributed by atoms with Gasteiger partial charge in [-0.1, -0.05) is 0 Å². The summed E-state index contributed by atoms with van der Waals surface area (Å²) in [5.41, 5.74) is 0. The van der Waals surface area contributed by atoms with Crippen LogP contribution in [-0.2, 0) is 19.1 Å². The molecule has 0 aliphatic carbocycles. The van der Waals surface area contributed by atoms with Crippen LogP contribution in [0.3, 0.4) is 0 Å². The molecule has 0 spiro atoms. The number of halogens is 2. The van der Waals surface area contributed by atoms with E-state index < -0.39 is 36.4 Å². The zero-order valence-corrected chi connectivity index (χ0v) is 9.66. The van der Waals surface area contributed by atoms with Crippen LogP contribution in [0, 0.1) is 0 Å². The first-order valence-electron chi connectivity index (χ1n) is 5.35. The first kappa shape index (κ1) is 13.8. The number of hydrogen-bond donors (Lipinski definition) is 1. The van der Waals surface area contributed by atoms with E-state index in [2.05, 4.69) is 10.1 Å². The predicted octanol–water partition coefficient (Wildman–Crippen LogP) is 0.478. The quantitative estimate of drug-likeness (QED) is 0.720. The van der Waals surface area contributed by atoms with Gasteiger partial charge in [0.05, 0.1) is 13.0 Å². The maximum Gasteiger partial charge on any atom is 0.377 e. The average Bonchev–Trinajstić information content (AvgIpc) is 2.50.